The molecule has 0 amide bonds. The normalized spacial score (nSPS) is 17.8. The van der Waals surface area contributed by atoms with Crippen LogP contribution < -0.4 is 4.90 Å². The van der Waals surface area contributed by atoms with E-state index in [1.54, 1.807) is 0 Å². The molecule has 1 N–H and O–H groups in total. The van der Waals surface area contributed by atoms with Crippen molar-refractivity contribution in [3.63, 3.8) is 0 Å². The van der Waals surface area contributed by atoms with Crippen LogP contribution in [-0.4, -0.2) is 47.5 Å². The first-order valence-corrected chi connectivity index (χ1v) is 15.0. The number of para-hydroxylation sites is 1. The number of rotatable bonds is 12. The predicted octanol–water partition coefficient (Wildman–Crippen LogP) is 7.44. The molecule has 0 bridgehead atoms. The molecular weight excluding hydrogens is 536 g/mol. The summed E-state index contributed by atoms with van der Waals surface area (Å²) < 4.78 is 7.36. The standard InChI is InChI=1S/C37H40N2O4/c1-36(2)29-16-10-11-17-30(29)38(23-12-20-34(41)42)32(36)18-6-5-7-19-33-37(3,4)35-28-15-9-8-14-27(28)21-22-31(35)39(33)24-13-25-43-26-40/h5-11,14-19,21-22,26H,12-13,20,23-25H2,1-4H3/p+1. The number of aliphatic carboxylic acids is 1. The largest absolute Gasteiger partial charge is 0.481 e. The van der Waals surface area contributed by atoms with Gasteiger partial charge >= 0.3 is 5.97 Å². The number of hydrogen-bond acceptors (Lipinski definition) is 4. The number of carbonyl (C=O) groups is 2. The molecule has 6 nitrogen and oxygen atoms in total. The number of fused-ring (bicyclic) bond motifs is 4. The lowest BCUT2D eigenvalue weighted by molar-refractivity contribution is -0.438. The number of anilines is 1. The van der Waals surface area contributed by atoms with E-state index in [-0.39, 0.29) is 17.3 Å². The number of benzene rings is 3. The predicted molar refractivity (Wildman–Crippen MR) is 173 cm³/mol. The van der Waals surface area contributed by atoms with E-state index < -0.39 is 5.97 Å². The van der Waals surface area contributed by atoms with Crippen molar-refractivity contribution in [1.29, 1.82) is 0 Å². The van der Waals surface area contributed by atoms with Crippen LogP contribution in [0.25, 0.3) is 10.8 Å². The quantitative estimate of drug-likeness (QED) is 0.105. The maximum atomic E-state index is 11.2. The molecule has 0 fully saturated rings. The first kappa shape index (κ1) is 30.0. The Morgan fingerprint density at radius 2 is 1.70 bits per heavy atom. The van der Waals surface area contributed by atoms with Gasteiger partial charge in [-0.3, -0.25) is 9.59 Å². The molecule has 5 rings (SSSR count). The van der Waals surface area contributed by atoms with Crippen LogP contribution in [0.1, 0.15) is 58.1 Å². The van der Waals surface area contributed by atoms with Gasteiger partial charge in [0.1, 0.15) is 0 Å². The molecule has 3 aromatic rings. The van der Waals surface area contributed by atoms with Gasteiger partial charge in [-0.2, -0.15) is 4.58 Å². The van der Waals surface area contributed by atoms with E-state index in [0.717, 1.165) is 24.4 Å². The van der Waals surface area contributed by atoms with Crippen molar-refractivity contribution >= 4 is 40.3 Å². The summed E-state index contributed by atoms with van der Waals surface area (Å²) in [6, 6.07) is 21.3. The third-order valence-corrected chi connectivity index (χ3v) is 8.77. The lowest BCUT2D eigenvalue weighted by Crippen LogP contribution is -2.28. The Labute approximate surface area is 254 Å². The number of carboxylic acids is 1. The van der Waals surface area contributed by atoms with Crippen molar-refractivity contribution in [2.24, 2.45) is 0 Å². The molecule has 0 radical (unpaired) electrons. The minimum Gasteiger partial charge on any atom is -0.481 e. The van der Waals surface area contributed by atoms with Crippen molar-refractivity contribution in [2.45, 2.75) is 57.8 Å². The van der Waals surface area contributed by atoms with E-state index in [4.69, 9.17) is 4.74 Å². The second-order valence-electron chi connectivity index (χ2n) is 12.3. The van der Waals surface area contributed by atoms with Gasteiger partial charge in [-0.25, -0.2) is 0 Å². The summed E-state index contributed by atoms with van der Waals surface area (Å²) >= 11 is 0. The Balaban J connectivity index is 1.45. The maximum absolute atomic E-state index is 11.2. The van der Waals surface area contributed by atoms with E-state index >= 15 is 0 Å². The molecule has 0 spiro atoms. The second kappa shape index (κ2) is 12.4. The van der Waals surface area contributed by atoms with Gasteiger partial charge < -0.3 is 14.7 Å². The van der Waals surface area contributed by atoms with Crippen LogP contribution in [0.2, 0.25) is 0 Å². The Morgan fingerprint density at radius 1 is 0.930 bits per heavy atom. The van der Waals surface area contributed by atoms with Crippen molar-refractivity contribution in [3.8, 4) is 0 Å². The number of carboxylic acid groups (broad SMARTS) is 1. The first-order chi connectivity index (χ1) is 20.7. The molecule has 0 aromatic heterocycles. The van der Waals surface area contributed by atoms with Crippen LogP contribution in [0.3, 0.4) is 0 Å². The molecule has 0 unspecified atom stereocenters. The van der Waals surface area contributed by atoms with Crippen LogP contribution in [0, 0.1) is 0 Å². The molecular formula is C37H41N2O4+. The number of ether oxygens (including phenoxy) is 1. The first-order valence-electron chi connectivity index (χ1n) is 15.0. The molecule has 0 saturated carbocycles. The molecule has 2 aliphatic heterocycles. The number of hydrogen-bond donors (Lipinski definition) is 1. The summed E-state index contributed by atoms with van der Waals surface area (Å²) in [4.78, 5) is 24.2. The highest BCUT2D eigenvalue weighted by molar-refractivity contribution is 6.07. The van der Waals surface area contributed by atoms with Gasteiger partial charge in [0.15, 0.2) is 12.3 Å². The summed E-state index contributed by atoms with van der Waals surface area (Å²) in [6.07, 6.45) is 12.1. The monoisotopic (exact) mass is 577 g/mol. The van der Waals surface area contributed by atoms with Gasteiger partial charge in [-0.15, -0.1) is 0 Å². The van der Waals surface area contributed by atoms with Gasteiger partial charge in [0.2, 0.25) is 5.69 Å². The van der Waals surface area contributed by atoms with Crippen LogP contribution >= 0.6 is 0 Å². The Hall–Kier alpha value is -4.45. The maximum Gasteiger partial charge on any atom is 0.303 e. The van der Waals surface area contributed by atoms with Crippen molar-refractivity contribution in [1.82, 2.24) is 0 Å². The minimum atomic E-state index is -0.768. The van der Waals surface area contributed by atoms with E-state index in [2.05, 4.69) is 122 Å². The highest BCUT2D eigenvalue weighted by Gasteiger charge is 2.45. The third kappa shape index (κ3) is 5.79. The highest BCUT2D eigenvalue weighted by atomic mass is 16.5. The fourth-order valence-electron chi connectivity index (χ4n) is 6.76. The molecule has 0 atom stereocenters. The van der Waals surface area contributed by atoms with Gasteiger partial charge in [0.05, 0.1) is 12.0 Å². The minimum absolute atomic E-state index is 0.148. The molecule has 43 heavy (non-hydrogen) atoms. The highest BCUT2D eigenvalue weighted by Crippen LogP contribution is 2.48. The zero-order valence-corrected chi connectivity index (χ0v) is 25.5. The fraction of sp³-hybridized carbons (Fsp3) is 0.324. The Bertz CT molecular complexity index is 1660. The number of allylic oxidation sites excluding steroid dienone is 6. The SMILES string of the molecule is CC1(C)C(/C=C/C=C/C=C2/N(CCCC(=O)O)c3ccccc3C2(C)C)=[N+](CCCOC=O)c2ccc3ccccc3c21. The van der Waals surface area contributed by atoms with Crippen molar-refractivity contribution in [3.05, 3.63) is 108 Å². The molecule has 222 valence electrons. The molecule has 0 saturated heterocycles. The molecule has 0 aliphatic carbocycles. The Kier molecular flexibility index (Phi) is 8.67. The fourth-order valence-corrected chi connectivity index (χ4v) is 6.76. The summed E-state index contributed by atoms with van der Waals surface area (Å²) in [6.45, 7) is 11.3. The summed E-state index contributed by atoms with van der Waals surface area (Å²) in [5, 5.41) is 11.7. The van der Waals surface area contributed by atoms with E-state index in [1.165, 1.54) is 33.3 Å². The van der Waals surface area contributed by atoms with E-state index in [1.807, 2.05) is 6.07 Å². The molecule has 2 aliphatic rings. The smallest absolute Gasteiger partial charge is 0.303 e. The van der Waals surface area contributed by atoms with Crippen LogP contribution in [-0.2, 0) is 25.2 Å². The van der Waals surface area contributed by atoms with Gasteiger partial charge in [0.25, 0.3) is 6.47 Å². The number of carbonyl (C=O) groups excluding carboxylic acids is 1. The number of nitrogens with zero attached hydrogens (tertiary/aromatic N) is 2. The summed E-state index contributed by atoms with van der Waals surface area (Å²) in [5.74, 6) is -0.768. The molecule has 3 aromatic carbocycles. The summed E-state index contributed by atoms with van der Waals surface area (Å²) in [7, 11) is 0. The van der Waals surface area contributed by atoms with Gasteiger partial charge in [-0.05, 0) is 54.8 Å². The topological polar surface area (TPSA) is 69.8 Å². The average Bonchev–Trinajstić information content (AvgIpc) is 3.34. The lowest BCUT2D eigenvalue weighted by atomic mass is 9.79. The van der Waals surface area contributed by atoms with Gasteiger partial charge in [0, 0.05) is 53.9 Å². The van der Waals surface area contributed by atoms with Gasteiger partial charge in [-0.1, -0.05) is 74.5 Å². The van der Waals surface area contributed by atoms with E-state index in [9.17, 15) is 14.7 Å². The van der Waals surface area contributed by atoms with Crippen molar-refractivity contribution in [2.75, 3.05) is 24.6 Å². The zero-order chi connectivity index (χ0) is 30.6. The Morgan fingerprint density at radius 3 is 2.49 bits per heavy atom. The third-order valence-electron chi connectivity index (χ3n) is 8.77. The summed E-state index contributed by atoms with van der Waals surface area (Å²) in [5.41, 5.74) is 6.86. The lowest BCUT2D eigenvalue weighted by Gasteiger charge is -2.26. The second-order valence-corrected chi connectivity index (χ2v) is 12.3. The van der Waals surface area contributed by atoms with Crippen molar-refractivity contribution < 1.29 is 24.0 Å². The molecule has 2 heterocycles. The zero-order valence-electron chi connectivity index (χ0n) is 25.5. The van der Waals surface area contributed by atoms with E-state index in [0.29, 0.717) is 26.0 Å². The molecule has 6 heteroatoms. The van der Waals surface area contributed by atoms with Crippen LogP contribution in [0.5, 0.6) is 0 Å². The average molecular weight is 578 g/mol. The van der Waals surface area contributed by atoms with Crippen LogP contribution in [0.15, 0.2) is 96.7 Å². The van der Waals surface area contributed by atoms with Crippen LogP contribution in [0.4, 0.5) is 11.4 Å².